The van der Waals surface area contributed by atoms with Crippen LogP contribution in [0.5, 0.6) is 5.75 Å². The van der Waals surface area contributed by atoms with Gasteiger partial charge in [-0.1, -0.05) is 51.1 Å². The maximum absolute atomic E-state index is 12.1. The Morgan fingerprint density at radius 1 is 1.09 bits per heavy atom. The number of fused-ring (bicyclic) bond motifs is 1. The largest absolute Gasteiger partial charge is 0.481 e. The lowest BCUT2D eigenvalue weighted by atomic mass is 9.91. The highest BCUT2D eigenvalue weighted by Gasteiger charge is 2.23. The predicted molar refractivity (Wildman–Crippen MR) is 91.5 cm³/mol. The molecule has 0 aromatic heterocycles. The van der Waals surface area contributed by atoms with Crippen LogP contribution in [0.1, 0.15) is 27.7 Å². The third-order valence-electron chi connectivity index (χ3n) is 3.66. The van der Waals surface area contributed by atoms with Crippen LogP contribution < -0.4 is 10.1 Å². The molecule has 0 heterocycles. The second kappa shape index (κ2) is 6.82. The summed E-state index contributed by atoms with van der Waals surface area (Å²) in [5.41, 5.74) is -0.463. The molecule has 1 unspecified atom stereocenters. The third-order valence-corrected chi connectivity index (χ3v) is 3.66. The van der Waals surface area contributed by atoms with Crippen LogP contribution in [0.2, 0.25) is 0 Å². The lowest BCUT2D eigenvalue weighted by Gasteiger charge is -2.19. The number of ketones is 1. The van der Waals surface area contributed by atoms with E-state index in [4.69, 9.17) is 4.74 Å². The molecule has 0 spiro atoms. The first-order chi connectivity index (χ1) is 10.8. The van der Waals surface area contributed by atoms with E-state index in [-0.39, 0.29) is 18.2 Å². The standard InChI is InChI=1S/C19H23NO3/c1-13(18(22)20-12-17(21)19(2,3)4)23-16-10-9-14-7-5-6-8-15(14)11-16/h5-11,13H,12H2,1-4H3,(H,20,22). The van der Waals surface area contributed by atoms with E-state index < -0.39 is 11.5 Å². The highest BCUT2D eigenvalue weighted by Crippen LogP contribution is 2.21. The zero-order valence-electron chi connectivity index (χ0n) is 14.1. The second-order valence-electron chi connectivity index (χ2n) is 6.66. The molecule has 0 saturated heterocycles. The van der Waals surface area contributed by atoms with Gasteiger partial charge in [-0.2, -0.15) is 0 Å². The number of hydrogen-bond donors (Lipinski definition) is 1. The van der Waals surface area contributed by atoms with Gasteiger partial charge in [0.1, 0.15) is 5.75 Å². The molecule has 0 aliphatic heterocycles. The molecule has 4 heteroatoms. The van der Waals surface area contributed by atoms with E-state index in [1.54, 1.807) is 6.92 Å². The Hall–Kier alpha value is -2.36. The Morgan fingerprint density at radius 2 is 1.74 bits per heavy atom. The summed E-state index contributed by atoms with van der Waals surface area (Å²) in [7, 11) is 0. The summed E-state index contributed by atoms with van der Waals surface area (Å²) in [6, 6.07) is 13.7. The second-order valence-corrected chi connectivity index (χ2v) is 6.66. The molecule has 122 valence electrons. The van der Waals surface area contributed by atoms with Gasteiger partial charge in [-0.15, -0.1) is 0 Å². The zero-order valence-corrected chi connectivity index (χ0v) is 14.1. The first-order valence-corrected chi connectivity index (χ1v) is 7.74. The molecule has 0 fully saturated rings. The number of rotatable bonds is 5. The van der Waals surface area contributed by atoms with Crippen LogP contribution in [-0.2, 0) is 9.59 Å². The molecule has 2 rings (SSSR count). The van der Waals surface area contributed by atoms with Gasteiger partial charge in [-0.05, 0) is 29.8 Å². The third kappa shape index (κ3) is 4.55. The first-order valence-electron chi connectivity index (χ1n) is 7.74. The fraction of sp³-hybridized carbons (Fsp3) is 0.368. The van der Waals surface area contributed by atoms with Crippen LogP contribution in [0.3, 0.4) is 0 Å². The number of ether oxygens (including phenoxy) is 1. The molecular weight excluding hydrogens is 290 g/mol. The molecule has 0 radical (unpaired) electrons. The van der Waals surface area contributed by atoms with Crippen molar-refractivity contribution in [1.82, 2.24) is 5.32 Å². The smallest absolute Gasteiger partial charge is 0.261 e. The van der Waals surface area contributed by atoms with Crippen LogP contribution in [0.25, 0.3) is 10.8 Å². The summed E-state index contributed by atoms with van der Waals surface area (Å²) in [4.78, 5) is 23.9. The van der Waals surface area contributed by atoms with Crippen molar-refractivity contribution in [3.05, 3.63) is 42.5 Å². The molecule has 4 nitrogen and oxygen atoms in total. The van der Waals surface area contributed by atoms with Gasteiger partial charge >= 0.3 is 0 Å². The SMILES string of the molecule is CC(Oc1ccc2ccccc2c1)C(=O)NCC(=O)C(C)(C)C. The summed E-state index contributed by atoms with van der Waals surface area (Å²) in [6.45, 7) is 7.18. The first kappa shape index (κ1) is 17.0. The molecule has 0 saturated carbocycles. The molecule has 0 aliphatic rings. The van der Waals surface area contributed by atoms with Crippen LogP contribution in [0, 0.1) is 5.41 Å². The monoisotopic (exact) mass is 313 g/mol. The van der Waals surface area contributed by atoms with Crippen molar-refractivity contribution < 1.29 is 14.3 Å². The predicted octanol–water partition coefficient (Wildman–Crippen LogP) is 3.34. The van der Waals surface area contributed by atoms with E-state index in [1.807, 2.05) is 63.2 Å². The Labute approximate surface area is 136 Å². The van der Waals surface area contributed by atoms with Gasteiger partial charge in [-0.25, -0.2) is 0 Å². The van der Waals surface area contributed by atoms with Crippen molar-refractivity contribution in [2.24, 2.45) is 5.41 Å². The van der Waals surface area contributed by atoms with E-state index in [9.17, 15) is 9.59 Å². The molecule has 0 aliphatic carbocycles. The zero-order chi connectivity index (χ0) is 17.0. The van der Waals surface area contributed by atoms with Crippen LogP contribution in [0.15, 0.2) is 42.5 Å². The van der Waals surface area contributed by atoms with Crippen LogP contribution in [-0.4, -0.2) is 24.3 Å². The van der Waals surface area contributed by atoms with E-state index in [0.29, 0.717) is 5.75 Å². The minimum absolute atomic E-state index is 0.0104. The van der Waals surface area contributed by atoms with Crippen LogP contribution in [0.4, 0.5) is 0 Å². The number of benzene rings is 2. The van der Waals surface area contributed by atoms with E-state index in [1.165, 1.54) is 0 Å². The maximum atomic E-state index is 12.1. The minimum atomic E-state index is -0.663. The number of hydrogen-bond acceptors (Lipinski definition) is 3. The minimum Gasteiger partial charge on any atom is -0.481 e. The van der Waals surface area contributed by atoms with Crippen molar-refractivity contribution in [3.63, 3.8) is 0 Å². The number of nitrogens with one attached hydrogen (secondary N) is 1. The van der Waals surface area contributed by atoms with Crippen molar-refractivity contribution in [3.8, 4) is 5.75 Å². The Bertz CT molecular complexity index is 716. The topological polar surface area (TPSA) is 55.4 Å². The Kier molecular flexibility index (Phi) is 5.04. The highest BCUT2D eigenvalue weighted by atomic mass is 16.5. The van der Waals surface area contributed by atoms with Crippen molar-refractivity contribution >= 4 is 22.5 Å². The fourth-order valence-electron chi connectivity index (χ4n) is 2.07. The molecule has 23 heavy (non-hydrogen) atoms. The lowest BCUT2D eigenvalue weighted by molar-refractivity contribution is -0.131. The normalized spacial score (nSPS) is 12.7. The summed E-state index contributed by atoms with van der Waals surface area (Å²) in [6.07, 6.45) is -0.663. The summed E-state index contributed by atoms with van der Waals surface area (Å²) in [5, 5.41) is 4.81. The average molecular weight is 313 g/mol. The molecule has 1 amide bonds. The van der Waals surface area contributed by atoms with Gasteiger partial charge in [0.05, 0.1) is 6.54 Å². The molecule has 2 aromatic carbocycles. The molecule has 1 N–H and O–H groups in total. The molecule has 1 atom stereocenters. The van der Waals surface area contributed by atoms with E-state index >= 15 is 0 Å². The average Bonchev–Trinajstić information content (AvgIpc) is 2.51. The van der Waals surface area contributed by atoms with Gasteiger partial charge in [0, 0.05) is 5.41 Å². The van der Waals surface area contributed by atoms with E-state index in [0.717, 1.165) is 10.8 Å². The van der Waals surface area contributed by atoms with Crippen molar-refractivity contribution in [2.75, 3.05) is 6.54 Å². The van der Waals surface area contributed by atoms with Gasteiger partial charge in [-0.3, -0.25) is 9.59 Å². The van der Waals surface area contributed by atoms with E-state index in [2.05, 4.69) is 5.32 Å². The quantitative estimate of drug-likeness (QED) is 0.921. The Balaban J connectivity index is 1.95. The number of carbonyl (C=O) groups is 2. The summed E-state index contributed by atoms with van der Waals surface area (Å²) >= 11 is 0. The highest BCUT2D eigenvalue weighted by molar-refractivity contribution is 5.90. The maximum Gasteiger partial charge on any atom is 0.261 e. The number of carbonyl (C=O) groups excluding carboxylic acids is 2. The number of Topliss-reactive ketones (excluding diaryl/α,β-unsaturated/α-hetero) is 1. The fourth-order valence-corrected chi connectivity index (χ4v) is 2.07. The van der Waals surface area contributed by atoms with Crippen molar-refractivity contribution in [2.45, 2.75) is 33.8 Å². The van der Waals surface area contributed by atoms with Gasteiger partial charge in [0.15, 0.2) is 11.9 Å². The number of amides is 1. The lowest BCUT2D eigenvalue weighted by Crippen LogP contribution is -2.41. The summed E-state index contributed by atoms with van der Waals surface area (Å²) < 4.78 is 5.68. The summed E-state index contributed by atoms with van der Waals surface area (Å²) in [5.74, 6) is 0.327. The Morgan fingerprint density at radius 3 is 2.39 bits per heavy atom. The van der Waals surface area contributed by atoms with Crippen LogP contribution >= 0.6 is 0 Å². The van der Waals surface area contributed by atoms with Gasteiger partial charge < -0.3 is 10.1 Å². The van der Waals surface area contributed by atoms with Crippen molar-refractivity contribution in [1.29, 1.82) is 0 Å². The van der Waals surface area contributed by atoms with Gasteiger partial charge in [0.2, 0.25) is 0 Å². The molecular formula is C19H23NO3. The molecule has 2 aromatic rings. The van der Waals surface area contributed by atoms with Gasteiger partial charge in [0.25, 0.3) is 5.91 Å². The molecule has 0 bridgehead atoms.